The monoisotopic (exact) mass is 1290 g/mol. The number of ether oxygens (including phenoxy) is 11. The Morgan fingerprint density at radius 2 is 1.21 bits per heavy atom. The minimum absolute atomic E-state index is 0.0595. The zero-order valence-electron chi connectivity index (χ0n) is 52.9. The Balaban J connectivity index is 1.06. The van der Waals surface area contributed by atoms with E-state index in [0.717, 1.165) is 5.57 Å². The molecule has 0 spiro atoms. The highest BCUT2D eigenvalue weighted by atomic mass is 16.8. The molecular formula is C62H96O28. The van der Waals surface area contributed by atoms with Gasteiger partial charge in [0.05, 0.1) is 31.3 Å². The molecule has 0 amide bonds. The molecule has 30 atom stereocenters. The van der Waals surface area contributed by atoms with Gasteiger partial charge in [-0.15, -0.1) is 0 Å². The smallest absolute Gasteiger partial charge is 0.335 e. The van der Waals surface area contributed by atoms with Crippen LogP contribution in [0.3, 0.4) is 0 Å². The molecule has 512 valence electrons. The number of rotatable bonds is 16. The molecule has 5 aliphatic carbocycles. The van der Waals surface area contributed by atoms with Gasteiger partial charge in [-0.1, -0.05) is 66.2 Å². The number of carboxylic acids is 1. The number of hydrogen-bond acceptors (Lipinski definition) is 27. The molecule has 0 aromatic carbocycles. The maximum absolute atomic E-state index is 13.5. The van der Waals surface area contributed by atoms with Crippen LogP contribution in [0.5, 0.6) is 0 Å². The van der Waals surface area contributed by atoms with E-state index in [-0.39, 0.29) is 24.9 Å². The van der Waals surface area contributed by atoms with Gasteiger partial charge < -0.3 is 118 Å². The van der Waals surface area contributed by atoms with Crippen LogP contribution in [-0.2, 0) is 71.3 Å². The molecule has 0 bridgehead atoms. The predicted octanol–water partition coefficient (Wildman–Crippen LogP) is -1.26. The molecule has 0 aromatic heterocycles. The average Bonchev–Trinajstić information content (AvgIpc) is 0.671. The lowest BCUT2D eigenvalue weighted by molar-refractivity contribution is -0.401. The summed E-state index contributed by atoms with van der Waals surface area (Å²) in [6.07, 6.45) is -34.1. The Kier molecular flexibility index (Phi) is 20.7. The third kappa shape index (κ3) is 12.0. The maximum atomic E-state index is 13.5. The Labute approximate surface area is 522 Å². The summed E-state index contributed by atoms with van der Waals surface area (Å²) in [5, 5.41) is 143. The second kappa shape index (κ2) is 26.3. The highest BCUT2D eigenvalue weighted by molar-refractivity contribution is 5.87. The van der Waals surface area contributed by atoms with E-state index in [1.807, 2.05) is 27.7 Å². The minimum atomic E-state index is -2.26. The van der Waals surface area contributed by atoms with Gasteiger partial charge in [-0.2, -0.15) is 0 Å². The van der Waals surface area contributed by atoms with Crippen LogP contribution >= 0.6 is 0 Å². The minimum Gasteiger partial charge on any atom is -0.479 e. The molecular weight excluding hydrogens is 1190 g/mol. The molecule has 28 nitrogen and oxygen atoms in total. The van der Waals surface area contributed by atoms with E-state index in [4.69, 9.17) is 52.1 Å². The van der Waals surface area contributed by atoms with Crippen LogP contribution in [0, 0.1) is 50.2 Å². The summed E-state index contributed by atoms with van der Waals surface area (Å²) in [5.74, 6) is -4.33. The fourth-order valence-corrected chi connectivity index (χ4v) is 17.6. The number of esters is 3. The van der Waals surface area contributed by atoms with Crippen molar-refractivity contribution in [2.45, 2.75) is 262 Å². The Hall–Kier alpha value is -3.44. The van der Waals surface area contributed by atoms with Gasteiger partial charge in [0.2, 0.25) is 0 Å². The van der Waals surface area contributed by atoms with Gasteiger partial charge in [0.25, 0.3) is 0 Å². The first-order valence-corrected chi connectivity index (χ1v) is 31.3. The second-order valence-electron chi connectivity index (χ2n) is 28.7. The molecule has 30 unspecified atom stereocenters. The number of carboxylic acid groups (broad SMARTS) is 1. The fraction of sp³-hybridized carbons (Fsp3) is 0.871. The lowest BCUT2D eigenvalue weighted by Crippen LogP contribution is -2.72. The number of aliphatic hydroxyl groups is 12. The van der Waals surface area contributed by atoms with Gasteiger partial charge in [-0.3, -0.25) is 9.59 Å². The van der Waals surface area contributed by atoms with Crippen molar-refractivity contribution in [3.8, 4) is 0 Å². The molecule has 0 aromatic rings. The van der Waals surface area contributed by atoms with Crippen LogP contribution < -0.4 is 0 Å². The normalized spacial score (nSPS) is 49.1. The van der Waals surface area contributed by atoms with Crippen molar-refractivity contribution in [3.05, 3.63) is 23.3 Å². The zero-order valence-corrected chi connectivity index (χ0v) is 52.9. The van der Waals surface area contributed by atoms with E-state index < -0.39 is 223 Å². The largest absolute Gasteiger partial charge is 0.479 e. The van der Waals surface area contributed by atoms with Gasteiger partial charge in [0.15, 0.2) is 31.3 Å². The molecule has 8 fully saturated rings. The molecule has 28 heteroatoms. The highest BCUT2D eigenvalue weighted by Crippen LogP contribution is 2.76. The van der Waals surface area contributed by atoms with Crippen molar-refractivity contribution < 1.29 is 138 Å². The van der Waals surface area contributed by atoms with Crippen molar-refractivity contribution in [1.29, 1.82) is 0 Å². The topological polar surface area (TPSA) is 433 Å². The molecule has 9 aliphatic rings. The van der Waals surface area contributed by atoms with Gasteiger partial charge in [0, 0.05) is 24.8 Å². The van der Waals surface area contributed by atoms with Crippen molar-refractivity contribution in [3.63, 3.8) is 0 Å². The van der Waals surface area contributed by atoms with Gasteiger partial charge in [-0.25, -0.2) is 9.59 Å². The van der Waals surface area contributed by atoms with Crippen LogP contribution in [-0.4, -0.2) is 258 Å². The van der Waals surface area contributed by atoms with Crippen LogP contribution in [0.2, 0.25) is 0 Å². The Bertz CT molecular complexity index is 2670. The Morgan fingerprint density at radius 1 is 0.622 bits per heavy atom. The maximum Gasteiger partial charge on any atom is 0.335 e. The quantitative estimate of drug-likeness (QED) is 0.0282. The van der Waals surface area contributed by atoms with Gasteiger partial charge in [-0.05, 0) is 98.2 Å². The number of carbonyl (C=O) groups is 4. The van der Waals surface area contributed by atoms with Crippen molar-refractivity contribution in [2.75, 3.05) is 26.4 Å². The lowest BCUT2D eigenvalue weighted by atomic mass is 9.33. The molecule has 4 heterocycles. The first kappa shape index (κ1) is 70.9. The van der Waals surface area contributed by atoms with E-state index >= 15 is 0 Å². The van der Waals surface area contributed by atoms with Gasteiger partial charge in [0.1, 0.15) is 110 Å². The summed E-state index contributed by atoms with van der Waals surface area (Å²) in [6, 6.07) is 0. The SMILES string of the molecule is CC=C(C)C(=O)OC1C(O)C2(COC(C)=O)C(OC(C)=O)CC3(C)C(=CCC4C5(C)CCC(OC6OC(C(=O)O)C(O)C(OC7OCC(O)C(O)C7OC7OC(CO)C(O)C(O)C7O)C6OC6OC(CO)C(O)C(O)C6O)C(C)(C)C5CCC43C)C2CC1(C)C. The van der Waals surface area contributed by atoms with Crippen LogP contribution in [0.15, 0.2) is 23.3 Å². The standard InChI is InChI=1S/C62H96O28/c1-12-25(2)52(79)90-50-49(76)62(24-81-26(3)65)29(19-57(50,5)6)28-13-14-34-59(9)17-16-35(58(7,8)33(59)15-18-60(34,10)61(28,11)20-36(62)82-27(4)66)85-56-48(89-54-43(74)41(72)39(70)32(22-64)84-54)45(44(75)46(87-56)51(77)78)86-55-47(37(68)30(67)23-80-55)88-53-42(73)40(71)38(69)31(21-63)83-53/h12-13,29-50,53-56,63-64,67-76H,14-24H2,1-11H3,(H,77,78). The number of carbonyl (C=O) groups excluding carboxylic acids is 3. The van der Waals surface area contributed by atoms with E-state index in [1.54, 1.807) is 19.9 Å². The first-order valence-electron chi connectivity index (χ1n) is 31.3. The summed E-state index contributed by atoms with van der Waals surface area (Å²) >= 11 is 0. The molecule has 0 radical (unpaired) electrons. The molecule has 4 saturated heterocycles. The van der Waals surface area contributed by atoms with Crippen LogP contribution in [0.4, 0.5) is 0 Å². The third-order valence-corrected chi connectivity index (χ3v) is 22.9. The zero-order chi connectivity index (χ0) is 66.4. The summed E-state index contributed by atoms with van der Waals surface area (Å²) in [6.45, 7) is 17.7. The van der Waals surface area contributed by atoms with Crippen LogP contribution in [0.1, 0.15) is 121 Å². The summed E-state index contributed by atoms with van der Waals surface area (Å²) in [7, 11) is 0. The van der Waals surface area contributed by atoms with E-state index in [9.17, 15) is 85.6 Å². The van der Waals surface area contributed by atoms with Crippen molar-refractivity contribution in [2.24, 2.45) is 50.2 Å². The van der Waals surface area contributed by atoms with Crippen LogP contribution in [0.25, 0.3) is 0 Å². The van der Waals surface area contributed by atoms with Crippen molar-refractivity contribution in [1.82, 2.24) is 0 Å². The molecule has 9 rings (SSSR count). The third-order valence-electron chi connectivity index (χ3n) is 22.9. The Morgan fingerprint density at radius 3 is 1.77 bits per heavy atom. The number of hydrogen-bond donors (Lipinski definition) is 13. The highest BCUT2D eigenvalue weighted by Gasteiger charge is 2.74. The molecule has 4 saturated carbocycles. The van der Waals surface area contributed by atoms with E-state index in [1.165, 1.54) is 13.8 Å². The number of allylic oxidation sites excluding steroid dienone is 3. The summed E-state index contributed by atoms with van der Waals surface area (Å²) < 4.78 is 67.2. The van der Waals surface area contributed by atoms with Gasteiger partial charge >= 0.3 is 23.9 Å². The predicted molar refractivity (Wildman–Crippen MR) is 304 cm³/mol. The van der Waals surface area contributed by atoms with E-state index in [0.29, 0.717) is 44.1 Å². The average molecular weight is 1290 g/mol. The second-order valence-corrected chi connectivity index (χ2v) is 28.7. The first-order chi connectivity index (χ1) is 42.0. The van der Waals surface area contributed by atoms with Crippen molar-refractivity contribution >= 4 is 23.9 Å². The molecule has 13 N–H and O–H groups in total. The molecule has 90 heavy (non-hydrogen) atoms. The number of fused-ring (bicyclic) bond motifs is 7. The summed E-state index contributed by atoms with van der Waals surface area (Å²) in [5.41, 5.74) is -3.50. The molecule has 4 aliphatic heterocycles. The van der Waals surface area contributed by atoms with E-state index in [2.05, 4.69) is 26.8 Å². The number of aliphatic hydroxyl groups excluding tert-OH is 12. The fourth-order valence-electron chi connectivity index (χ4n) is 17.6. The summed E-state index contributed by atoms with van der Waals surface area (Å²) in [4.78, 5) is 52.9. The lowest BCUT2D eigenvalue weighted by Gasteiger charge is -2.72. The number of aliphatic carboxylic acids is 1.